The zero-order valence-corrected chi connectivity index (χ0v) is 33.9. The molecule has 0 fully saturated rings. The van der Waals surface area contributed by atoms with Crippen molar-refractivity contribution in [2.75, 3.05) is 24.2 Å². The number of nitrogens with zero attached hydrogens (tertiary/aromatic N) is 2. The molecule has 298 valence electrons. The predicted molar refractivity (Wildman–Crippen MR) is 219 cm³/mol. The van der Waals surface area contributed by atoms with Gasteiger partial charge in [0.1, 0.15) is 6.04 Å². The van der Waals surface area contributed by atoms with Gasteiger partial charge in [-0.3, -0.25) is 28.5 Å². The Kier molecular flexibility index (Phi) is 15.5. The molecule has 0 unspecified atom stereocenters. The number of hydrogen-bond donors (Lipinski definition) is 5. The van der Waals surface area contributed by atoms with Crippen molar-refractivity contribution in [3.63, 3.8) is 0 Å². The average molecular weight is 804 g/mol. The number of rotatable bonds is 18. The lowest BCUT2D eigenvalue weighted by molar-refractivity contribution is -0.131. The van der Waals surface area contributed by atoms with Crippen LogP contribution in [0.4, 0.5) is 5.69 Å². The molecule has 4 rings (SSSR count). The van der Waals surface area contributed by atoms with Crippen LogP contribution in [-0.2, 0) is 32.6 Å². The molecule has 5 N–H and O–H groups in total. The van der Waals surface area contributed by atoms with E-state index < -0.39 is 51.9 Å². The molecule has 4 atom stereocenters. The van der Waals surface area contributed by atoms with Crippen molar-refractivity contribution < 1.29 is 27.6 Å². The van der Waals surface area contributed by atoms with Crippen molar-refractivity contribution in [1.29, 1.82) is 0 Å². The number of sulfonamides is 1. The van der Waals surface area contributed by atoms with E-state index in [1.165, 1.54) is 25.2 Å². The molecule has 15 heteroatoms. The molecule has 56 heavy (non-hydrogen) atoms. The fraction of sp³-hybridized carbons (Fsp3) is 0.341. The summed E-state index contributed by atoms with van der Waals surface area (Å²) in [5.74, 6) is -1.99. The van der Waals surface area contributed by atoms with Crippen LogP contribution in [-0.4, -0.2) is 75.0 Å². The summed E-state index contributed by atoms with van der Waals surface area (Å²) in [6, 6.07) is 21.8. The highest BCUT2D eigenvalue weighted by Gasteiger charge is 2.27. The van der Waals surface area contributed by atoms with Crippen LogP contribution in [0, 0.1) is 5.92 Å². The first-order valence-corrected chi connectivity index (χ1v) is 20.4. The summed E-state index contributed by atoms with van der Waals surface area (Å²) in [6.45, 7) is 7.59. The van der Waals surface area contributed by atoms with Gasteiger partial charge < -0.3 is 26.6 Å². The Labute approximate surface area is 334 Å². The van der Waals surface area contributed by atoms with Gasteiger partial charge in [-0.05, 0) is 85.3 Å². The Morgan fingerprint density at radius 3 is 2.02 bits per heavy atom. The first kappa shape index (κ1) is 43.4. The van der Waals surface area contributed by atoms with Crippen molar-refractivity contribution in [3.05, 3.63) is 130 Å². The molecule has 0 aliphatic carbocycles. The number of carbonyl (C=O) groups is 4. The second-order valence-electron chi connectivity index (χ2n) is 14.0. The van der Waals surface area contributed by atoms with Crippen LogP contribution in [0.2, 0.25) is 5.02 Å². The minimum absolute atomic E-state index is 0.0555. The molecule has 0 spiro atoms. The van der Waals surface area contributed by atoms with Crippen molar-refractivity contribution in [2.24, 2.45) is 5.92 Å². The molecule has 4 amide bonds. The van der Waals surface area contributed by atoms with Gasteiger partial charge in [-0.15, -0.1) is 0 Å². The van der Waals surface area contributed by atoms with E-state index in [-0.39, 0.29) is 41.7 Å². The van der Waals surface area contributed by atoms with E-state index in [2.05, 4.69) is 31.6 Å². The molecule has 0 bridgehead atoms. The molecule has 0 radical (unpaired) electrons. The van der Waals surface area contributed by atoms with Gasteiger partial charge in [-0.1, -0.05) is 67.9 Å². The van der Waals surface area contributed by atoms with E-state index in [9.17, 15) is 27.6 Å². The van der Waals surface area contributed by atoms with Crippen LogP contribution < -0.4 is 30.9 Å². The third kappa shape index (κ3) is 12.9. The zero-order valence-electron chi connectivity index (χ0n) is 32.4. The van der Waals surface area contributed by atoms with Crippen molar-refractivity contribution in [1.82, 2.24) is 31.6 Å². The lowest BCUT2D eigenvalue weighted by atomic mass is 10.0. The molecule has 4 aromatic rings. The first-order valence-electron chi connectivity index (χ1n) is 18.2. The van der Waals surface area contributed by atoms with Gasteiger partial charge in [-0.2, -0.15) is 0 Å². The lowest BCUT2D eigenvalue weighted by Gasteiger charge is -2.26. The Morgan fingerprint density at radius 2 is 1.41 bits per heavy atom. The van der Waals surface area contributed by atoms with E-state index in [4.69, 9.17) is 11.6 Å². The van der Waals surface area contributed by atoms with Crippen LogP contribution >= 0.6 is 11.6 Å². The number of hydrogen-bond acceptors (Lipinski definition) is 8. The van der Waals surface area contributed by atoms with E-state index in [0.29, 0.717) is 11.4 Å². The highest BCUT2D eigenvalue weighted by molar-refractivity contribution is 7.92. The highest BCUT2D eigenvalue weighted by Crippen LogP contribution is 2.23. The Hall–Kier alpha value is -5.31. The summed E-state index contributed by atoms with van der Waals surface area (Å²) in [7, 11) is -2.42. The maximum Gasteiger partial charge on any atom is 0.251 e. The van der Waals surface area contributed by atoms with Gasteiger partial charge in [0.25, 0.3) is 11.8 Å². The fourth-order valence-electron chi connectivity index (χ4n) is 5.75. The normalized spacial score (nSPS) is 13.5. The summed E-state index contributed by atoms with van der Waals surface area (Å²) >= 11 is 6.15. The number of amides is 4. The van der Waals surface area contributed by atoms with E-state index in [0.717, 1.165) is 27.3 Å². The molecule has 3 aromatic carbocycles. The average Bonchev–Trinajstić information content (AvgIpc) is 3.17. The number of anilines is 1. The SMILES string of the molecule is CC(C)[C@H](NC(=O)[C@H](C)NC[C@H](Cc1ccccc1)NC(=O)c1cc(C(=O)N[C@H](C)c2cccc(Cl)c2)cc(N(C)S(C)(=O)=O)c1)C(=O)NCc1ccncc1. The van der Waals surface area contributed by atoms with E-state index in [1.807, 2.05) is 50.2 Å². The van der Waals surface area contributed by atoms with Crippen LogP contribution in [0.1, 0.15) is 71.1 Å². The molecule has 0 saturated heterocycles. The molecular formula is C41H50ClN7O6S. The summed E-state index contributed by atoms with van der Waals surface area (Å²) in [5.41, 5.74) is 2.80. The number of pyridine rings is 1. The number of nitrogens with one attached hydrogen (secondary N) is 5. The van der Waals surface area contributed by atoms with Gasteiger partial charge in [0.15, 0.2) is 0 Å². The van der Waals surface area contributed by atoms with Crippen LogP contribution in [0.15, 0.2) is 97.3 Å². The molecule has 1 heterocycles. The zero-order chi connectivity index (χ0) is 41.0. The summed E-state index contributed by atoms with van der Waals surface area (Å²) in [5, 5.41) is 15.3. The monoisotopic (exact) mass is 803 g/mol. The molecule has 13 nitrogen and oxygen atoms in total. The Bertz CT molecular complexity index is 2090. The fourth-order valence-corrected chi connectivity index (χ4v) is 6.44. The second-order valence-corrected chi connectivity index (χ2v) is 16.5. The quantitative estimate of drug-likeness (QED) is 0.0983. The Morgan fingerprint density at radius 1 is 0.768 bits per heavy atom. The number of benzene rings is 3. The predicted octanol–water partition coefficient (Wildman–Crippen LogP) is 4.40. The minimum Gasteiger partial charge on any atom is -0.350 e. The lowest BCUT2D eigenvalue weighted by Crippen LogP contribution is -2.55. The van der Waals surface area contributed by atoms with Gasteiger partial charge in [-0.25, -0.2) is 8.42 Å². The van der Waals surface area contributed by atoms with Gasteiger partial charge >= 0.3 is 0 Å². The van der Waals surface area contributed by atoms with Crippen molar-refractivity contribution in [2.45, 2.75) is 64.8 Å². The van der Waals surface area contributed by atoms with Crippen molar-refractivity contribution >= 4 is 50.9 Å². The van der Waals surface area contributed by atoms with Gasteiger partial charge in [0, 0.05) is 54.7 Å². The molecule has 1 aromatic heterocycles. The van der Waals surface area contributed by atoms with E-state index >= 15 is 0 Å². The standard InChI is InChI=1S/C41H50ClN7O6S/c1-26(2)37(41(53)45-24-30-15-17-43-18-16-30)48-38(50)28(4)44-25-35(19-29-11-8-7-9-12-29)47-40(52)33-20-32(22-36(23-33)49(5)56(6,54)55)39(51)46-27(3)31-13-10-14-34(42)21-31/h7-18,20-23,26-28,35,37,44H,19,24-25H2,1-6H3,(H,45,53)(H,46,51)(H,47,52)(H,48,50)/t27-,28+,35+,37+/m1/s1. The first-order chi connectivity index (χ1) is 26.5. The van der Waals surface area contributed by atoms with Crippen molar-refractivity contribution in [3.8, 4) is 0 Å². The summed E-state index contributed by atoms with van der Waals surface area (Å²) in [4.78, 5) is 58.0. The summed E-state index contributed by atoms with van der Waals surface area (Å²) < 4.78 is 26.1. The molecule has 0 saturated carbocycles. The summed E-state index contributed by atoms with van der Waals surface area (Å²) in [6.07, 6.45) is 4.69. The van der Waals surface area contributed by atoms with Crippen LogP contribution in [0.5, 0.6) is 0 Å². The van der Waals surface area contributed by atoms with E-state index in [1.54, 1.807) is 56.6 Å². The molecule has 0 aliphatic heterocycles. The van der Waals surface area contributed by atoms with Gasteiger partial charge in [0.2, 0.25) is 21.8 Å². The molecule has 0 aliphatic rings. The van der Waals surface area contributed by atoms with Crippen LogP contribution in [0.3, 0.4) is 0 Å². The number of carbonyl (C=O) groups excluding carboxylic acids is 4. The highest BCUT2D eigenvalue weighted by atomic mass is 35.5. The van der Waals surface area contributed by atoms with Crippen LogP contribution in [0.25, 0.3) is 0 Å². The minimum atomic E-state index is -3.76. The number of halogens is 1. The second kappa shape index (κ2) is 20.0. The number of aromatic nitrogens is 1. The third-order valence-corrected chi connectivity index (χ3v) is 10.6. The Balaban J connectivity index is 1.51. The topological polar surface area (TPSA) is 179 Å². The smallest absolute Gasteiger partial charge is 0.251 e. The molecular weight excluding hydrogens is 754 g/mol. The maximum absolute atomic E-state index is 14.0. The largest absolute Gasteiger partial charge is 0.350 e. The third-order valence-electron chi connectivity index (χ3n) is 9.19. The maximum atomic E-state index is 14.0. The van der Waals surface area contributed by atoms with Gasteiger partial charge in [0.05, 0.1) is 24.0 Å².